The van der Waals surface area contributed by atoms with Crippen LogP contribution in [0.25, 0.3) is 0 Å². The molecule has 28 heavy (non-hydrogen) atoms. The number of alkyl halides is 3. The molecule has 152 valence electrons. The van der Waals surface area contributed by atoms with E-state index in [1.54, 1.807) is 0 Å². The van der Waals surface area contributed by atoms with Gasteiger partial charge in [-0.2, -0.15) is 13.2 Å². The summed E-state index contributed by atoms with van der Waals surface area (Å²) in [5.41, 5.74) is -0.823. The summed E-state index contributed by atoms with van der Waals surface area (Å²) in [6.45, 7) is -0.129. The third-order valence-corrected chi connectivity index (χ3v) is 5.45. The summed E-state index contributed by atoms with van der Waals surface area (Å²) in [7, 11) is -4.34. The highest BCUT2D eigenvalue weighted by atomic mass is 32.2. The second-order valence-electron chi connectivity index (χ2n) is 5.95. The number of halogens is 5. The van der Waals surface area contributed by atoms with Gasteiger partial charge in [0.05, 0.1) is 17.1 Å². The predicted molar refractivity (Wildman–Crippen MR) is 87.0 cm³/mol. The zero-order chi connectivity index (χ0) is 20.5. The van der Waals surface area contributed by atoms with Crippen LogP contribution in [-0.4, -0.2) is 21.8 Å². The SMILES string of the molecule is O=S(=O)(NCCc1cc(F)cc2c1OCOC2)c1ccc(F)c(C(F)(F)F)c1. The van der Waals surface area contributed by atoms with Crippen molar-refractivity contribution in [3.8, 4) is 5.75 Å². The molecule has 0 amide bonds. The van der Waals surface area contributed by atoms with Crippen LogP contribution in [0.2, 0.25) is 0 Å². The van der Waals surface area contributed by atoms with Crippen LogP contribution in [-0.2, 0) is 34.0 Å². The zero-order valence-electron chi connectivity index (χ0n) is 14.1. The minimum Gasteiger partial charge on any atom is -0.467 e. The van der Waals surface area contributed by atoms with Crippen molar-refractivity contribution in [2.24, 2.45) is 0 Å². The van der Waals surface area contributed by atoms with Gasteiger partial charge in [0.15, 0.2) is 6.79 Å². The van der Waals surface area contributed by atoms with E-state index in [1.165, 1.54) is 12.1 Å². The van der Waals surface area contributed by atoms with Gasteiger partial charge >= 0.3 is 6.18 Å². The van der Waals surface area contributed by atoms with Crippen molar-refractivity contribution < 1.29 is 39.8 Å². The van der Waals surface area contributed by atoms with Crippen LogP contribution in [0.15, 0.2) is 35.2 Å². The Kier molecular flexibility index (Phi) is 5.60. The van der Waals surface area contributed by atoms with Crippen molar-refractivity contribution in [1.29, 1.82) is 0 Å². The zero-order valence-corrected chi connectivity index (χ0v) is 15.0. The maximum atomic E-state index is 13.7. The molecule has 0 aliphatic carbocycles. The molecule has 11 heteroatoms. The molecular formula is C17H14F5NO4S. The number of benzene rings is 2. The Labute approximate surface area is 157 Å². The summed E-state index contributed by atoms with van der Waals surface area (Å²) in [4.78, 5) is -0.729. The van der Waals surface area contributed by atoms with Crippen LogP contribution in [0.5, 0.6) is 5.75 Å². The van der Waals surface area contributed by atoms with Crippen LogP contribution < -0.4 is 9.46 Å². The minimum absolute atomic E-state index is 0.0205. The van der Waals surface area contributed by atoms with E-state index in [2.05, 4.69) is 4.72 Å². The van der Waals surface area contributed by atoms with Crippen molar-refractivity contribution in [3.63, 3.8) is 0 Å². The Balaban J connectivity index is 1.76. The molecule has 0 spiro atoms. The van der Waals surface area contributed by atoms with Gasteiger partial charge in [0.2, 0.25) is 10.0 Å². The van der Waals surface area contributed by atoms with E-state index in [9.17, 15) is 30.4 Å². The van der Waals surface area contributed by atoms with E-state index in [-0.39, 0.29) is 32.4 Å². The summed E-state index contributed by atoms with van der Waals surface area (Å²) >= 11 is 0. The third kappa shape index (κ3) is 4.42. The number of nitrogens with one attached hydrogen (secondary N) is 1. The fraction of sp³-hybridized carbons (Fsp3) is 0.294. The van der Waals surface area contributed by atoms with E-state index >= 15 is 0 Å². The van der Waals surface area contributed by atoms with Crippen molar-refractivity contribution in [3.05, 3.63) is 58.7 Å². The molecule has 0 atom stereocenters. The molecule has 0 saturated carbocycles. The highest BCUT2D eigenvalue weighted by molar-refractivity contribution is 7.89. The number of ether oxygens (including phenoxy) is 2. The summed E-state index contributed by atoms with van der Waals surface area (Å²) < 4.78 is 102. The average molecular weight is 423 g/mol. The Morgan fingerprint density at radius 2 is 1.86 bits per heavy atom. The summed E-state index contributed by atoms with van der Waals surface area (Å²) in [5, 5.41) is 0. The van der Waals surface area contributed by atoms with Gasteiger partial charge < -0.3 is 9.47 Å². The van der Waals surface area contributed by atoms with Crippen molar-refractivity contribution in [2.45, 2.75) is 24.1 Å². The number of hydrogen-bond acceptors (Lipinski definition) is 4. The quantitative estimate of drug-likeness (QED) is 0.750. The van der Waals surface area contributed by atoms with Crippen LogP contribution in [0.4, 0.5) is 22.0 Å². The van der Waals surface area contributed by atoms with Crippen LogP contribution in [0.3, 0.4) is 0 Å². The number of hydrogen-bond donors (Lipinski definition) is 1. The Bertz CT molecular complexity index is 992. The normalized spacial score (nSPS) is 14.5. The molecule has 2 aromatic rings. The fourth-order valence-electron chi connectivity index (χ4n) is 2.73. The molecule has 0 radical (unpaired) electrons. The maximum Gasteiger partial charge on any atom is 0.419 e. The van der Waals surface area contributed by atoms with E-state index in [4.69, 9.17) is 9.47 Å². The molecule has 3 rings (SSSR count). The molecule has 0 bridgehead atoms. The Morgan fingerprint density at radius 1 is 1.11 bits per heavy atom. The molecule has 0 saturated heterocycles. The highest BCUT2D eigenvalue weighted by Crippen LogP contribution is 2.33. The Morgan fingerprint density at radius 3 is 2.57 bits per heavy atom. The monoisotopic (exact) mass is 423 g/mol. The number of rotatable bonds is 5. The lowest BCUT2D eigenvalue weighted by atomic mass is 10.1. The summed E-state index contributed by atoms with van der Waals surface area (Å²) in [6.07, 6.45) is -5.01. The first-order valence-electron chi connectivity index (χ1n) is 7.96. The molecule has 0 unspecified atom stereocenters. The largest absolute Gasteiger partial charge is 0.467 e. The molecule has 0 fully saturated rings. The second-order valence-corrected chi connectivity index (χ2v) is 7.72. The van der Waals surface area contributed by atoms with Gasteiger partial charge in [0.1, 0.15) is 17.4 Å². The molecule has 5 nitrogen and oxygen atoms in total. The first-order chi connectivity index (χ1) is 13.1. The third-order valence-electron chi connectivity index (χ3n) is 3.99. The van der Waals surface area contributed by atoms with Crippen molar-refractivity contribution in [2.75, 3.05) is 13.3 Å². The molecule has 0 aromatic heterocycles. The van der Waals surface area contributed by atoms with E-state index < -0.39 is 38.3 Å². The van der Waals surface area contributed by atoms with Crippen LogP contribution in [0, 0.1) is 11.6 Å². The maximum absolute atomic E-state index is 13.7. The highest BCUT2D eigenvalue weighted by Gasteiger charge is 2.35. The van der Waals surface area contributed by atoms with E-state index in [0.29, 0.717) is 22.9 Å². The minimum atomic E-state index is -5.03. The second kappa shape index (κ2) is 7.64. The summed E-state index contributed by atoms with van der Waals surface area (Å²) in [5.74, 6) is -1.75. The average Bonchev–Trinajstić information content (AvgIpc) is 2.60. The lowest BCUT2D eigenvalue weighted by Crippen LogP contribution is -2.27. The smallest absolute Gasteiger partial charge is 0.419 e. The molecule has 1 heterocycles. The lowest BCUT2D eigenvalue weighted by molar-refractivity contribution is -0.140. The van der Waals surface area contributed by atoms with E-state index in [0.717, 1.165) is 6.07 Å². The van der Waals surface area contributed by atoms with Gasteiger partial charge in [-0.05, 0) is 42.3 Å². The first kappa shape index (κ1) is 20.5. The van der Waals surface area contributed by atoms with Gasteiger partial charge in [-0.1, -0.05) is 0 Å². The topological polar surface area (TPSA) is 64.6 Å². The molecule has 1 N–H and O–H groups in total. The van der Waals surface area contributed by atoms with Gasteiger partial charge in [-0.3, -0.25) is 0 Å². The van der Waals surface area contributed by atoms with Crippen molar-refractivity contribution in [1.82, 2.24) is 4.72 Å². The van der Waals surface area contributed by atoms with Crippen molar-refractivity contribution >= 4 is 10.0 Å². The van der Waals surface area contributed by atoms with E-state index in [1.807, 2.05) is 0 Å². The van der Waals surface area contributed by atoms with Gasteiger partial charge in [0.25, 0.3) is 0 Å². The summed E-state index contributed by atoms with van der Waals surface area (Å²) in [6, 6.07) is 3.81. The lowest BCUT2D eigenvalue weighted by Gasteiger charge is -2.21. The Hall–Kier alpha value is -2.24. The fourth-order valence-corrected chi connectivity index (χ4v) is 3.79. The van der Waals surface area contributed by atoms with Crippen LogP contribution >= 0.6 is 0 Å². The number of sulfonamides is 1. The standard InChI is InChI=1S/C17H14F5NO4S/c18-12-5-10(16-11(6-12)8-26-9-27-16)3-4-23-28(24,25)13-1-2-15(19)14(7-13)17(20,21)22/h1-2,5-7,23H,3-4,8-9H2. The van der Waals surface area contributed by atoms with Gasteiger partial charge in [0, 0.05) is 12.1 Å². The van der Waals surface area contributed by atoms with Gasteiger partial charge in [-0.15, -0.1) is 0 Å². The molecule has 1 aliphatic rings. The first-order valence-corrected chi connectivity index (χ1v) is 9.44. The van der Waals surface area contributed by atoms with Crippen LogP contribution in [0.1, 0.15) is 16.7 Å². The van der Waals surface area contributed by atoms with Gasteiger partial charge in [-0.25, -0.2) is 21.9 Å². The molecule has 2 aromatic carbocycles. The predicted octanol–water partition coefficient (Wildman–Crippen LogP) is 3.37. The number of fused-ring (bicyclic) bond motifs is 1. The molecule has 1 aliphatic heterocycles. The molecular weight excluding hydrogens is 409 g/mol.